The van der Waals surface area contributed by atoms with Crippen molar-refractivity contribution in [2.24, 2.45) is 4.99 Å². The molecule has 0 saturated carbocycles. The number of nitrogens with one attached hydrogen (secondary N) is 1. The Morgan fingerprint density at radius 3 is 2.83 bits per heavy atom. The Balaban J connectivity index is 1.81. The van der Waals surface area contributed by atoms with Crippen molar-refractivity contribution >= 4 is 51.7 Å². The number of para-hydroxylation sites is 1. The van der Waals surface area contributed by atoms with Crippen molar-refractivity contribution in [3.05, 3.63) is 65.7 Å². The Morgan fingerprint density at radius 1 is 1.37 bits per heavy atom. The van der Waals surface area contributed by atoms with Crippen molar-refractivity contribution in [1.29, 1.82) is 0 Å². The molecular weight excluding hydrogens is 422 g/mol. The van der Waals surface area contributed by atoms with Crippen LogP contribution in [0.1, 0.15) is 12.0 Å². The molecule has 3 rings (SSSR count). The van der Waals surface area contributed by atoms with Gasteiger partial charge in [0, 0.05) is 23.7 Å². The lowest BCUT2D eigenvalue weighted by Gasteiger charge is -2.14. The average Bonchev–Trinajstić information content (AvgIpc) is 2.99. The first kappa shape index (κ1) is 21.9. The molecule has 8 heteroatoms. The summed E-state index contributed by atoms with van der Waals surface area (Å²) in [7, 11) is 1.54. The number of amides is 2. The maximum absolute atomic E-state index is 12.9. The van der Waals surface area contributed by atoms with Gasteiger partial charge in [-0.05, 0) is 36.8 Å². The molecule has 2 amide bonds. The summed E-state index contributed by atoms with van der Waals surface area (Å²) in [5.74, 6) is 0.133. The van der Waals surface area contributed by atoms with Crippen LogP contribution in [0.4, 0.5) is 11.4 Å². The first-order chi connectivity index (χ1) is 14.4. The quantitative estimate of drug-likeness (QED) is 0.624. The number of thioether (sulfide) groups is 1. The zero-order chi connectivity index (χ0) is 21.7. The smallest absolute Gasteiger partial charge is 0.242 e. The van der Waals surface area contributed by atoms with Gasteiger partial charge in [-0.3, -0.25) is 14.5 Å². The number of anilines is 1. The molecule has 1 aliphatic heterocycles. The molecule has 1 atom stereocenters. The lowest BCUT2D eigenvalue weighted by atomic mass is 10.2. The van der Waals surface area contributed by atoms with E-state index >= 15 is 0 Å². The van der Waals surface area contributed by atoms with E-state index in [0.29, 0.717) is 28.2 Å². The number of hydrogen-bond acceptors (Lipinski definition) is 5. The number of methoxy groups -OCH3 is 1. The van der Waals surface area contributed by atoms with Crippen LogP contribution in [0.25, 0.3) is 0 Å². The minimum atomic E-state index is -0.571. The van der Waals surface area contributed by atoms with Crippen LogP contribution in [0.5, 0.6) is 5.75 Å². The summed E-state index contributed by atoms with van der Waals surface area (Å²) in [5, 5.41) is 3.29. The third kappa shape index (κ3) is 5.04. The first-order valence-corrected chi connectivity index (χ1v) is 10.6. The third-order valence-electron chi connectivity index (χ3n) is 4.48. The van der Waals surface area contributed by atoms with E-state index in [9.17, 15) is 9.59 Å². The fraction of sp³-hybridized carbons (Fsp3) is 0.227. The summed E-state index contributed by atoms with van der Waals surface area (Å²) in [4.78, 5) is 31.6. The van der Waals surface area contributed by atoms with E-state index in [1.807, 2.05) is 31.2 Å². The number of amidine groups is 1. The van der Waals surface area contributed by atoms with Crippen LogP contribution in [-0.4, -0.2) is 40.8 Å². The zero-order valence-electron chi connectivity index (χ0n) is 16.7. The maximum Gasteiger partial charge on any atom is 0.242 e. The Kier molecular flexibility index (Phi) is 7.18. The van der Waals surface area contributed by atoms with Crippen molar-refractivity contribution in [3.8, 4) is 5.75 Å². The highest BCUT2D eigenvalue weighted by molar-refractivity contribution is 8.15. The van der Waals surface area contributed by atoms with E-state index in [-0.39, 0.29) is 18.2 Å². The molecule has 0 aliphatic carbocycles. The third-order valence-corrected chi connectivity index (χ3v) is 5.89. The summed E-state index contributed by atoms with van der Waals surface area (Å²) >= 11 is 7.34. The first-order valence-electron chi connectivity index (χ1n) is 9.29. The number of rotatable bonds is 7. The maximum atomic E-state index is 12.9. The molecule has 1 aliphatic rings. The van der Waals surface area contributed by atoms with E-state index in [4.69, 9.17) is 16.3 Å². The largest absolute Gasteiger partial charge is 0.494 e. The number of carbonyl (C=O) groups is 2. The van der Waals surface area contributed by atoms with E-state index in [1.165, 1.54) is 16.7 Å². The molecule has 0 bridgehead atoms. The lowest BCUT2D eigenvalue weighted by molar-refractivity contribution is -0.127. The predicted octanol–water partition coefficient (Wildman–Crippen LogP) is 4.80. The minimum absolute atomic E-state index is 0.0389. The summed E-state index contributed by atoms with van der Waals surface area (Å²) in [6, 6.07) is 12.6. The van der Waals surface area contributed by atoms with Crippen LogP contribution < -0.4 is 10.1 Å². The summed E-state index contributed by atoms with van der Waals surface area (Å²) in [6.07, 6.45) is 1.66. The number of ether oxygens (including phenoxy) is 1. The molecule has 0 spiro atoms. The van der Waals surface area contributed by atoms with Crippen molar-refractivity contribution in [2.75, 3.05) is 19.0 Å². The SMILES string of the molecule is C=CCN1C(=O)C(CC(=O)Nc2ccccc2C)SC1=Nc1cc(Cl)ccc1OC. The molecule has 1 saturated heterocycles. The van der Waals surface area contributed by atoms with Crippen molar-refractivity contribution in [1.82, 2.24) is 4.90 Å². The summed E-state index contributed by atoms with van der Waals surface area (Å²) in [5.41, 5.74) is 2.21. The summed E-state index contributed by atoms with van der Waals surface area (Å²) < 4.78 is 5.34. The van der Waals surface area contributed by atoms with Crippen molar-refractivity contribution in [3.63, 3.8) is 0 Å². The molecule has 1 fully saturated rings. The fourth-order valence-corrected chi connectivity index (χ4v) is 4.28. The number of aliphatic imine (C=N–C) groups is 1. The van der Waals surface area contributed by atoms with Gasteiger partial charge in [0.25, 0.3) is 0 Å². The topological polar surface area (TPSA) is 71.0 Å². The van der Waals surface area contributed by atoms with Gasteiger partial charge in [0.1, 0.15) is 16.7 Å². The van der Waals surface area contributed by atoms with Crippen LogP contribution in [0.15, 0.2) is 60.1 Å². The van der Waals surface area contributed by atoms with E-state index in [0.717, 1.165) is 11.3 Å². The Hall–Kier alpha value is -2.77. The number of halogens is 1. The molecule has 0 aromatic heterocycles. The molecule has 1 N–H and O–H groups in total. The number of carbonyl (C=O) groups excluding carboxylic acids is 2. The van der Waals surface area contributed by atoms with Gasteiger partial charge < -0.3 is 10.1 Å². The Bertz CT molecular complexity index is 1010. The standard InChI is InChI=1S/C22H22ClN3O3S/c1-4-11-26-21(28)19(13-20(27)24-16-8-6-5-7-14(16)2)30-22(26)25-17-12-15(23)9-10-18(17)29-3/h4-10,12,19H,1,11,13H2,2-3H3,(H,24,27). The highest BCUT2D eigenvalue weighted by atomic mass is 35.5. The van der Waals surface area contributed by atoms with Crippen LogP contribution >= 0.6 is 23.4 Å². The molecule has 2 aromatic carbocycles. The summed E-state index contributed by atoms with van der Waals surface area (Å²) in [6.45, 7) is 5.93. The van der Waals surface area contributed by atoms with Gasteiger partial charge in [0.15, 0.2) is 5.17 Å². The molecule has 2 aromatic rings. The second-order valence-electron chi connectivity index (χ2n) is 6.62. The van der Waals surface area contributed by atoms with E-state index < -0.39 is 5.25 Å². The molecule has 0 radical (unpaired) electrons. The Morgan fingerprint density at radius 2 is 2.13 bits per heavy atom. The minimum Gasteiger partial charge on any atom is -0.494 e. The second kappa shape index (κ2) is 9.82. The van der Waals surface area contributed by atoms with Crippen molar-refractivity contribution < 1.29 is 14.3 Å². The number of nitrogens with zero attached hydrogens (tertiary/aromatic N) is 2. The van der Waals surface area contributed by atoms with Crippen LogP contribution in [-0.2, 0) is 9.59 Å². The monoisotopic (exact) mass is 443 g/mol. The van der Waals surface area contributed by atoms with Crippen LogP contribution in [0.3, 0.4) is 0 Å². The van der Waals surface area contributed by atoms with Gasteiger partial charge in [-0.2, -0.15) is 0 Å². The van der Waals surface area contributed by atoms with E-state index in [1.54, 1.807) is 31.4 Å². The average molecular weight is 444 g/mol. The number of aryl methyl sites for hydroxylation is 1. The van der Waals surface area contributed by atoms with Crippen LogP contribution in [0, 0.1) is 6.92 Å². The number of hydrogen-bond donors (Lipinski definition) is 1. The highest BCUT2D eigenvalue weighted by Crippen LogP contribution is 2.36. The van der Waals surface area contributed by atoms with Crippen molar-refractivity contribution in [2.45, 2.75) is 18.6 Å². The molecule has 6 nitrogen and oxygen atoms in total. The molecule has 156 valence electrons. The van der Waals surface area contributed by atoms with Gasteiger partial charge in [-0.15, -0.1) is 6.58 Å². The molecular formula is C22H22ClN3O3S. The normalized spacial score (nSPS) is 17.3. The fourth-order valence-electron chi connectivity index (χ4n) is 2.96. The predicted molar refractivity (Wildman–Crippen MR) is 123 cm³/mol. The highest BCUT2D eigenvalue weighted by Gasteiger charge is 2.38. The molecule has 1 unspecified atom stereocenters. The van der Waals surface area contributed by atoms with Gasteiger partial charge >= 0.3 is 0 Å². The van der Waals surface area contributed by atoms with Gasteiger partial charge in [-0.25, -0.2) is 4.99 Å². The number of benzene rings is 2. The molecule has 1 heterocycles. The van der Waals surface area contributed by atoms with E-state index in [2.05, 4.69) is 16.9 Å². The lowest BCUT2D eigenvalue weighted by Crippen LogP contribution is -2.33. The second-order valence-corrected chi connectivity index (χ2v) is 8.23. The molecule has 30 heavy (non-hydrogen) atoms. The Labute approximate surface area is 185 Å². The van der Waals surface area contributed by atoms with Gasteiger partial charge in [0.2, 0.25) is 11.8 Å². The van der Waals surface area contributed by atoms with Gasteiger partial charge in [-0.1, -0.05) is 47.6 Å². The van der Waals surface area contributed by atoms with Crippen LogP contribution in [0.2, 0.25) is 5.02 Å². The van der Waals surface area contributed by atoms with Gasteiger partial charge in [0.05, 0.1) is 7.11 Å². The zero-order valence-corrected chi connectivity index (χ0v) is 18.3.